The summed E-state index contributed by atoms with van der Waals surface area (Å²) in [6.45, 7) is 4.63. The molecule has 1 N–H and O–H groups in total. The summed E-state index contributed by atoms with van der Waals surface area (Å²) in [5, 5.41) is 23.6. The summed E-state index contributed by atoms with van der Waals surface area (Å²) in [5.74, 6) is 0.649. The first-order chi connectivity index (χ1) is 26.0. The molecule has 0 aliphatic carbocycles. The molecule has 0 aliphatic heterocycles. The Labute approximate surface area is 308 Å². The number of aromatic nitrogens is 6. The Kier molecular flexibility index (Phi) is 8.94. The van der Waals surface area contributed by atoms with E-state index in [2.05, 4.69) is 126 Å². The number of tetrazole rings is 1. The van der Waals surface area contributed by atoms with Crippen LogP contribution in [0.1, 0.15) is 57.3 Å². The summed E-state index contributed by atoms with van der Waals surface area (Å²) in [6.07, 6.45) is 1.73. The van der Waals surface area contributed by atoms with Gasteiger partial charge in [0.05, 0.1) is 16.6 Å². The van der Waals surface area contributed by atoms with E-state index in [4.69, 9.17) is 15.3 Å². The number of rotatable bonds is 11. The maximum Gasteiger partial charge on any atom is 0.335 e. The lowest BCUT2D eigenvalue weighted by molar-refractivity contribution is 0.0697. The van der Waals surface area contributed by atoms with Gasteiger partial charge in [0.15, 0.2) is 5.82 Å². The van der Waals surface area contributed by atoms with E-state index in [1.807, 2.05) is 41.9 Å². The van der Waals surface area contributed by atoms with E-state index in [9.17, 15) is 9.90 Å². The Hall–Kier alpha value is -6.67. The van der Waals surface area contributed by atoms with Crippen LogP contribution in [0.2, 0.25) is 0 Å². The fraction of sp³-hybridized carbons (Fsp3) is 0.133. The molecule has 0 bridgehead atoms. The summed E-state index contributed by atoms with van der Waals surface area (Å²) in [6, 6.07) is 51.4. The molecule has 2 heterocycles. The first-order valence-electron chi connectivity index (χ1n) is 17.9. The average Bonchev–Trinajstić information content (AvgIpc) is 3.83. The highest BCUT2D eigenvalue weighted by molar-refractivity contribution is 5.94. The van der Waals surface area contributed by atoms with Crippen molar-refractivity contribution in [1.29, 1.82) is 0 Å². The van der Waals surface area contributed by atoms with Crippen molar-refractivity contribution in [2.75, 3.05) is 0 Å². The van der Waals surface area contributed by atoms with Gasteiger partial charge < -0.3 is 9.67 Å². The van der Waals surface area contributed by atoms with Gasteiger partial charge in [-0.3, -0.25) is 0 Å². The van der Waals surface area contributed by atoms with E-state index < -0.39 is 11.5 Å². The molecule has 0 radical (unpaired) electrons. The van der Waals surface area contributed by atoms with Crippen LogP contribution in [0.3, 0.4) is 0 Å². The van der Waals surface area contributed by atoms with Gasteiger partial charge in [0.1, 0.15) is 11.4 Å². The summed E-state index contributed by atoms with van der Waals surface area (Å²) in [7, 11) is 0. The second kappa shape index (κ2) is 14.2. The molecule has 8 heteroatoms. The number of carbonyl (C=O) groups is 1. The zero-order chi connectivity index (χ0) is 36.4. The number of hydrogen-bond donors (Lipinski definition) is 1. The third kappa shape index (κ3) is 5.98. The largest absolute Gasteiger partial charge is 0.478 e. The van der Waals surface area contributed by atoms with E-state index in [-0.39, 0.29) is 5.56 Å². The second-order valence-corrected chi connectivity index (χ2v) is 13.3. The van der Waals surface area contributed by atoms with Gasteiger partial charge in [-0.05, 0) is 74.8 Å². The first kappa shape index (κ1) is 33.5. The Balaban J connectivity index is 1.23. The minimum Gasteiger partial charge on any atom is -0.478 e. The number of imidazole rings is 1. The van der Waals surface area contributed by atoms with Crippen LogP contribution >= 0.6 is 0 Å². The van der Waals surface area contributed by atoms with Crippen LogP contribution in [-0.4, -0.2) is 40.8 Å². The molecular formula is C45H38N6O2. The predicted octanol–water partition coefficient (Wildman–Crippen LogP) is 9.20. The van der Waals surface area contributed by atoms with Crippen LogP contribution < -0.4 is 0 Å². The second-order valence-electron chi connectivity index (χ2n) is 13.3. The van der Waals surface area contributed by atoms with Crippen LogP contribution in [0.15, 0.2) is 152 Å². The molecule has 0 unspecified atom stereocenters. The monoisotopic (exact) mass is 694 g/mol. The van der Waals surface area contributed by atoms with Crippen LogP contribution in [0, 0.1) is 6.92 Å². The van der Waals surface area contributed by atoms with Gasteiger partial charge in [-0.1, -0.05) is 146 Å². The maximum atomic E-state index is 11.9. The topological polar surface area (TPSA) is 98.7 Å². The Morgan fingerprint density at radius 1 is 0.717 bits per heavy atom. The van der Waals surface area contributed by atoms with Crippen LogP contribution in [0.25, 0.3) is 33.5 Å². The Bertz CT molecular complexity index is 2430. The third-order valence-electron chi connectivity index (χ3n) is 9.98. The highest BCUT2D eigenvalue weighted by atomic mass is 16.4. The quantitative estimate of drug-likeness (QED) is 0.136. The van der Waals surface area contributed by atoms with Crippen molar-refractivity contribution in [2.24, 2.45) is 0 Å². The van der Waals surface area contributed by atoms with Gasteiger partial charge in [-0.25, -0.2) is 14.5 Å². The lowest BCUT2D eigenvalue weighted by Gasteiger charge is -2.36. The summed E-state index contributed by atoms with van der Waals surface area (Å²) < 4.78 is 4.12. The fourth-order valence-electron chi connectivity index (χ4n) is 7.54. The van der Waals surface area contributed by atoms with Crippen molar-refractivity contribution in [3.63, 3.8) is 0 Å². The van der Waals surface area contributed by atoms with Gasteiger partial charge >= 0.3 is 5.97 Å². The van der Waals surface area contributed by atoms with Crippen molar-refractivity contribution in [3.05, 3.63) is 191 Å². The van der Waals surface area contributed by atoms with Crippen LogP contribution in [-0.2, 0) is 18.5 Å². The number of carboxylic acids is 1. The number of hydrogen-bond acceptors (Lipinski definition) is 5. The molecule has 0 fully saturated rings. The lowest BCUT2D eigenvalue weighted by Crippen LogP contribution is -2.39. The third-order valence-corrected chi connectivity index (χ3v) is 9.98. The average molecular weight is 695 g/mol. The minimum absolute atomic E-state index is 0.268. The molecule has 0 atom stereocenters. The van der Waals surface area contributed by atoms with Gasteiger partial charge in [0, 0.05) is 18.5 Å². The summed E-state index contributed by atoms with van der Waals surface area (Å²) in [5.41, 5.74) is 9.06. The molecule has 8 aromatic rings. The first-order valence-corrected chi connectivity index (χ1v) is 17.9. The van der Waals surface area contributed by atoms with Gasteiger partial charge in [0.25, 0.3) is 0 Å². The van der Waals surface area contributed by atoms with Crippen molar-refractivity contribution >= 4 is 17.0 Å². The smallest absolute Gasteiger partial charge is 0.335 e. The molecular weight excluding hydrogens is 657 g/mol. The number of carboxylic acid groups (broad SMARTS) is 1. The number of benzene rings is 6. The summed E-state index contributed by atoms with van der Waals surface area (Å²) >= 11 is 0. The number of fused-ring (bicyclic) bond motifs is 1. The van der Waals surface area contributed by atoms with Gasteiger partial charge in [-0.15, -0.1) is 5.10 Å². The molecule has 6 aromatic carbocycles. The molecule has 8 rings (SSSR count). The van der Waals surface area contributed by atoms with Crippen molar-refractivity contribution in [1.82, 2.24) is 29.8 Å². The number of aryl methyl sites for hydroxylation is 2. The van der Waals surface area contributed by atoms with Crippen LogP contribution in [0.4, 0.5) is 0 Å². The zero-order valence-corrected chi connectivity index (χ0v) is 29.6. The zero-order valence-electron chi connectivity index (χ0n) is 29.6. The maximum absolute atomic E-state index is 11.9. The van der Waals surface area contributed by atoms with Crippen molar-refractivity contribution in [3.8, 4) is 22.5 Å². The lowest BCUT2D eigenvalue weighted by atomic mass is 9.77. The molecule has 0 amide bonds. The number of aromatic carboxylic acids is 1. The molecule has 0 aliphatic rings. The Morgan fingerprint density at radius 2 is 1.28 bits per heavy atom. The van der Waals surface area contributed by atoms with E-state index in [0.29, 0.717) is 12.4 Å². The van der Waals surface area contributed by atoms with E-state index >= 15 is 0 Å². The highest BCUT2D eigenvalue weighted by Gasteiger charge is 2.42. The van der Waals surface area contributed by atoms with E-state index in [1.165, 1.54) is 0 Å². The van der Waals surface area contributed by atoms with Crippen LogP contribution in [0.5, 0.6) is 0 Å². The predicted molar refractivity (Wildman–Crippen MR) is 208 cm³/mol. The molecule has 0 saturated heterocycles. The molecule has 0 saturated carbocycles. The molecule has 2 aromatic heterocycles. The fourth-order valence-corrected chi connectivity index (χ4v) is 7.54. The van der Waals surface area contributed by atoms with Crippen molar-refractivity contribution in [2.45, 2.75) is 38.8 Å². The molecule has 53 heavy (non-hydrogen) atoms. The minimum atomic E-state index is -0.942. The molecule has 260 valence electrons. The SMILES string of the molecule is CCCc1nc2c(C)cc(C(=O)O)cc2n1Cc1ccc(-c2ccccc2-c2nnnn2C(c2ccccc2)(c2ccccc2)c2ccccc2)cc1. The van der Waals surface area contributed by atoms with E-state index in [1.54, 1.807) is 12.1 Å². The molecule has 0 spiro atoms. The van der Waals surface area contributed by atoms with Gasteiger partial charge in [-0.2, -0.15) is 0 Å². The highest BCUT2D eigenvalue weighted by Crippen LogP contribution is 2.43. The standard InChI is InChI=1S/C45H38N6O2/c1-3-15-41-46-42-31(2)28-34(44(52)53)29-40(42)50(41)30-32-24-26-33(27-25-32)38-22-13-14-23-39(38)43-47-48-49-51(43)45(35-16-7-4-8-17-35,36-18-9-5-10-19-36)37-20-11-6-12-21-37/h4-14,16-29H,3,15,30H2,1-2H3,(H,52,53). The summed E-state index contributed by atoms with van der Waals surface area (Å²) in [4.78, 5) is 16.9. The molecule has 8 nitrogen and oxygen atoms in total. The normalized spacial score (nSPS) is 11.6. The number of nitrogens with zero attached hydrogens (tertiary/aromatic N) is 6. The van der Waals surface area contributed by atoms with Gasteiger partial charge in [0.2, 0.25) is 0 Å². The van der Waals surface area contributed by atoms with Crippen molar-refractivity contribution < 1.29 is 9.90 Å². The Morgan fingerprint density at radius 3 is 1.85 bits per heavy atom. The van der Waals surface area contributed by atoms with E-state index in [0.717, 1.165) is 74.2 Å².